The molecule has 0 aromatic heterocycles. The molecule has 2 heterocycles. The molecular weight excluding hydrogens is 200 g/mol. The molecule has 2 atom stereocenters. The fourth-order valence-electron chi connectivity index (χ4n) is 1.91. The molecule has 80 valence electrons. The van der Waals surface area contributed by atoms with Gasteiger partial charge < -0.3 is 15.3 Å². The topological polar surface area (TPSA) is 52.6 Å². The highest BCUT2D eigenvalue weighted by molar-refractivity contribution is 7.99. The maximum absolute atomic E-state index is 11.9. The average Bonchev–Trinajstić information content (AvgIpc) is 2.65. The quantitative estimate of drug-likeness (QED) is 0.608. The van der Waals surface area contributed by atoms with Crippen molar-refractivity contribution < 1.29 is 9.90 Å². The van der Waals surface area contributed by atoms with Crippen molar-refractivity contribution in [1.82, 2.24) is 10.2 Å². The summed E-state index contributed by atoms with van der Waals surface area (Å²) in [6.07, 6.45) is 0.228. The maximum atomic E-state index is 11.9. The number of carbonyl (C=O) groups excluding carboxylic acids is 1. The standard InChI is InChI=1S/C9H16N2O2S/c12-7-5-8(10-6-7)9(13)11-1-3-14-4-2-11/h7-8,10,12H,1-6H2/t7-,8+/m0/s1. The van der Waals surface area contributed by atoms with E-state index in [4.69, 9.17) is 0 Å². The Hall–Kier alpha value is -0.260. The maximum Gasteiger partial charge on any atom is 0.239 e. The first-order chi connectivity index (χ1) is 6.77. The normalized spacial score (nSPS) is 33.4. The molecule has 2 saturated heterocycles. The first kappa shape index (κ1) is 10.3. The highest BCUT2D eigenvalue weighted by Crippen LogP contribution is 2.14. The molecule has 2 fully saturated rings. The van der Waals surface area contributed by atoms with Crippen LogP contribution in [0.5, 0.6) is 0 Å². The fourth-order valence-corrected chi connectivity index (χ4v) is 2.81. The number of thioether (sulfide) groups is 1. The van der Waals surface area contributed by atoms with Crippen LogP contribution in [-0.2, 0) is 4.79 Å². The van der Waals surface area contributed by atoms with E-state index < -0.39 is 0 Å². The predicted octanol–water partition coefficient (Wildman–Crippen LogP) is -0.715. The van der Waals surface area contributed by atoms with E-state index in [0.29, 0.717) is 13.0 Å². The van der Waals surface area contributed by atoms with Crippen molar-refractivity contribution in [1.29, 1.82) is 0 Å². The lowest BCUT2D eigenvalue weighted by molar-refractivity contribution is -0.132. The molecule has 0 saturated carbocycles. The van der Waals surface area contributed by atoms with E-state index in [1.165, 1.54) is 0 Å². The van der Waals surface area contributed by atoms with Gasteiger partial charge in [-0.25, -0.2) is 0 Å². The number of hydrogen-bond donors (Lipinski definition) is 2. The highest BCUT2D eigenvalue weighted by atomic mass is 32.2. The third-order valence-electron chi connectivity index (χ3n) is 2.73. The Morgan fingerprint density at radius 3 is 2.71 bits per heavy atom. The molecular formula is C9H16N2O2S. The molecule has 0 spiro atoms. The Morgan fingerprint density at radius 1 is 1.43 bits per heavy atom. The number of aliphatic hydroxyl groups is 1. The van der Waals surface area contributed by atoms with E-state index >= 15 is 0 Å². The molecule has 1 amide bonds. The van der Waals surface area contributed by atoms with Gasteiger partial charge in [-0.2, -0.15) is 11.8 Å². The number of nitrogens with one attached hydrogen (secondary N) is 1. The largest absolute Gasteiger partial charge is 0.392 e. The number of nitrogens with zero attached hydrogens (tertiary/aromatic N) is 1. The second-order valence-electron chi connectivity index (χ2n) is 3.79. The summed E-state index contributed by atoms with van der Waals surface area (Å²) in [5.74, 6) is 2.25. The second kappa shape index (κ2) is 4.51. The van der Waals surface area contributed by atoms with Crippen molar-refractivity contribution in [3.05, 3.63) is 0 Å². The number of rotatable bonds is 1. The van der Waals surface area contributed by atoms with Crippen LogP contribution in [-0.4, -0.2) is 59.2 Å². The summed E-state index contributed by atoms with van der Waals surface area (Å²) in [6, 6.07) is -0.145. The number of hydrogen-bond acceptors (Lipinski definition) is 4. The Kier molecular flexibility index (Phi) is 3.30. The minimum absolute atomic E-state index is 0.145. The van der Waals surface area contributed by atoms with Crippen LogP contribution < -0.4 is 5.32 Å². The molecule has 0 aliphatic carbocycles. The second-order valence-corrected chi connectivity index (χ2v) is 5.01. The zero-order chi connectivity index (χ0) is 9.97. The van der Waals surface area contributed by atoms with Gasteiger partial charge in [-0.05, 0) is 6.42 Å². The van der Waals surface area contributed by atoms with Crippen LogP contribution in [0.1, 0.15) is 6.42 Å². The van der Waals surface area contributed by atoms with E-state index in [1.807, 2.05) is 16.7 Å². The predicted molar refractivity (Wildman–Crippen MR) is 56.3 cm³/mol. The summed E-state index contributed by atoms with van der Waals surface area (Å²) in [6.45, 7) is 2.27. The van der Waals surface area contributed by atoms with E-state index in [0.717, 1.165) is 24.6 Å². The zero-order valence-electron chi connectivity index (χ0n) is 8.11. The molecule has 5 heteroatoms. The Labute approximate surface area is 88.0 Å². The zero-order valence-corrected chi connectivity index (χ0v) is 8.92. The number of aliphatic hydroxyl groups excluding tert-OH is 1. The van der Waals surface area contributed by atoms with Crippen LogP contribution >= 0.6 is 11.8 Å². The van der Waals surface area contributed by atoms with Gasteiger partial charge >= 0.3 is 0 Å². The lowest BCUT2D eigenvalue weighted by atomic mass is 10.2. The lowest BCUT2D eigenvalue weighted by Crippen LogP contribution is -2.46. The smallest absolute Gasteiger partial charge is 0.239 e. The van der Waals surface area contributed by atoms with E-state index in [2.05, 4.69) is 5.32 Å². The Balaban J connectivity index is 1.87. The van der Waals surface area contributed by atoms with Gasteiger partial charge in [0.15, 0.2) is 0 Å². The van der Waals surface area contributed by atoms with Gasteiger partial charge in [0.05, 0.1) is 12.1 Å². The van der Waals surface area contributed by atoms with Crippen LogP contribution in [0.4, 0.5) is 0 Å². The summed E-state index contributed by atoms with van der Waals surface area (Å²) in [5, 5.41) is 12.4. The summed E-state index contributed by atoms with van der Waals surface area (Å²) < 4.78 is 0. The van der Waals surface area contributed by atoms with Gasteiger partial charge in [0.1, 0.15) is 0 Å². The number of carbonyl (C=O) groups is 1. The minimum Gasteiger partial charge on any atom is -0.392 e. The molecule has 0 aromatic rings. The Bertz CT molecular complexity index is 212. The fraction of sp³-hybridized carbons (Fsp3) is 0.889. The van der Waals surface area contributed by atoms with Crippen LogP contribution in [0.2, 0.25) is 0 Å². The summed E-state index contributed by atoms with van der Waals surface area (Å²) in [7, 11) is 0. The van der Waals surface area contributed by atoms with Gasteiger partial charge in [-0.1, -0.05) is 0 Å². The number of amides is 1. The third kappa shape index (κ3) is 2.21. The van der Waals surface area contributed by atoms with Crippen molar-refractivity contribution in [2.75, 3.05) is 31.1 Å². The first-order valence-electron chi connectivity index (χ1n) is 5.05. The molecule has 2 N–H and O–H groups in total. The SMILES string of the molecule is O=C([C@H]1C[C@H](O)CN1)N1CCSCC1. The lowest BCUT2D eigenvalue weighted by Gasteiger charge is -2.28. The monoisotopic (exact) mass is 216 g/mol. The molecule has 0 bridgehead atoms. The molecule has 2 aliphatic heterocycles. The molecule has 4 nitrogen and oxygen atoms in total. The van der Waals surface area contributed by atoms with Crippen LogP contribution in [0.15, 0.2) is 0 Å². The van der Waals surface area contributed by atoms with Crippen molar-refractivity contribution in [2.45, 2.75) is 18.6 Å². The summed E-state index contributed by atoms with van der Waals surface area (Å²) in [5.41, 5.74) is 0. The minimum atomic E-state index is -0.344. The Morgan fingerprint density at radius 2 is 2.14 bits per heavy atom. The van der Waals surface area contributed by atoms with Gasteiger partial charge in [-0.3, -0.25) is 4.79 Å². The average molecular weight is 216 g/mol. The summed E-state index contributed by atoms with van der Waals surface area (Å²) >= 11 is 1.90. The van der Waals surface area contributed by atoms with E-state index in [-0.39, 0.29) is 18.1 Å². The van der Waals surface area contributed by atoms with Crippen LogP contribution in [0.25, 0.3) is 0 Å². The van der Waals surface area contributed by atoms with Crippen LogP contribution in [0, 0.1) is 0 Å². The van der Waals surface area contributed by atoms with E-state index in [9.17, 15) is 9.90 Å². The van der Waals surface area contributed by atoms with Crippen molar-refractivity contribution >= 4 is 17.7 Å². The molecule has 0 aromatic carbocycles. The van der Waals surface area contributed by atoms with Crippen molar-refractivity contribution in [3.63, 3.8) is 0 Å². The van der Waals surface area contributed by atoms with Crippen molar-refractivity contribution in [2.24, 2.45) is 0 Å². The van der Waals surface area contributed by atoms with Crippen molar-refractivity contribution in [3.8, 4) is 0 Å². The van der Waals surface area contributed by atoms with E-state index in [1.54, 1.807) is 0 Å². The van der Waals surface area contributed by atoms with Gasteiger partial charge in [0.2, 0.25) is 5.91 Å². The van der Waals surface area contributed by atoms with Gasteiger partial charge in [0, 0.05) is 31.1 Å². The third-order valence-corrected chi connectivity index (χ3v) is 3.67. The molecule has 2 rings (SSSR count). The summed E-state index contributed by atoms with van der Waals surface area (Å²) in [4.78, 5) is 13.8. The highest BCUT2D eigenvalue weighted by Gasteiger charge is 2.31. The van der Waals surface area contributed by atoms with Gasteiger partial charge in [-0.15, -0.1) is 0 Å². The first-order valence-corrected chi connectivity index (χ1v) is 6.21. The number of β-amino-alcohol motifs (C(OH)–C–C–N with tert-alkyl or cyclic N) is 1. The van der Waals surface area contributed by atoms with Gasteiger partial charge in [0.25, 0.3) is 0 Å². The molecule has 2 aliphatic rings. The molecule has 0 radical (unpaired) electrons. The van der Waals surface area contributed by atoms with Crippen LogP contribution in [0.3, 0.4) is 0 Å². The molecule has 14 heavy (non-hydrogen) atoms. The molecule has 0 unspecified atom stereocenters.